The van der Waals surface area contributed by atoms with Crippen LogP contribution in [0.2, 0.25) is 0 Å². The number of ether oxygens (including phenoxy) is 1. The van der Waals surface area contributed by atoms with Crippen LogP contribution < -0.4 is 10.6 Å². The molecule has 7 rings (SSSR count). The third-order valence-electron chi connectivity index (χ3n) is 8.52. The molecule has 0 spiro atoms. The molecule has 0 radical (unpaired) electrons. The summed E-state index contributed by atoms with van der Waals surface area (Å²) < 4.78 is 6.13. The summed E-state index contributed by atoms with van der Waals surface area (Å²) in [7, 11) is 0. The largest absolute Gasteiger partial charge is 0.354 e. The summed E-state index contributed by atoms with van der Waals surface area (Å²) >= 11 is 0. The first-order chi connectivity index (χ1) is 20.6. The number of urea groups is 1. The SMILES string of the molecule is O=C(Nc1cc(C2CCN(Cc3ccccc3)C2)ccn1)Nc1cccc2c1C1OCCC(c3ccccc3)N1C2=O. The van der Waals surface area contributed by atoms with Gasteiger partial charge in [-0.15, -0.1) is 0 Å². The Hall–Kier alpha value is -4.53. The van der Waals surface area contributed by atoms with Crippen LogP contribution in [0.4, 0.5) is 16.3 Å². The molecule has 3 aromatic carbocycles. The van der Waals surface area contributed by atoms with Gasteiger partial charge in [0.05, 0.1) is 18.3 Å². The second kappa shape index (κ2) is 11.4. The highest BCUT2D eigenvalue weighted by Gasteiger charge is 2.45. The topological polar surface area (TPSA) is 86.8 Å². The van der Waals surface area contributed by atoms with Gasteiger partial charge >= 0.3 is 6.03 Å². The van der Waals surface area contributed by atoms with Crippen LogP contribution in [-0.4, -0.2) is 46.4 Å². The highest BCUT2D eigenvalue weighted by atomic mass is 16.5. The van der Waals surface area contributed by atoms with E-state index in [1.807, 2.05) is 54.6 Å². The molecule has 1 aromatic heterocycles. The number of hydrogen-bond acceptors (Lipinski definition) is 5. The Morgan fingerprint density at radius 1 is 0.905 bits per heavy atom. The molecule has 0 aliphatic carbocycles. The third kappa shape index (κ3) is 5.15. The minimum Gasteiger partial charge on any atom is -0.354 e. The van der Waals surface area contributed by atoms with E-state index in [1.165, 1.54) is 11.1 Å². The molecule has 3 amide bonds. The third-order valence-corrected chi connectivity index (χ3v) is 8.52. The molecule has 212 valence electrons. The number of likely N-dealkylation sites (tertiary alicyclic amines) is 1. The van der Waals surface area contributed by atoms with Crippen molar-refractivity contribution in [3.63, 3.8) is 0 Å². The van der Waals surface area contributed by atoms with E-state index in [0.29, 0.717) is 35.2 Å². The Morgan fingerprint density at radius 3 is 2.55 bits per heavy atom. The van der Waals surface area contributed by atoms with Crippen molar-refractivity contribution in [3.05, 3.63) is 125 Å². The molecular formula is C34H33N5O3. The number of pyridine rings is 1. The van der Waals surface area contributed by atoms with E-state index < -0.39 is 12.3 Å². The predicted octanol–water partition coefficient (Wildman–Crippen LogP) is 6.33. The minimum atomic E-state index is -0.550. The number of amides is 3. The zero-order valence-electron chi connectivity index (χ0n) is 23.3. The number of carbonyl (C=O) groups excluding carboxylic acids is 2. The fourth-order valence-electron chi connectivity index (χ4n) is 6.54. The molecule has 3 aliphatic rings. The number of carbonyl (C=O) groups is 2. The van der Waals surface area contributed by atoms with Gasteiger partial charge in [-0.2, -0.15) is 0 Å². The lowest BCUT2D eigenvalue weighted by Gasteiger charge is -2.38. The molecule has 0 saturated carbocycles. The lowest BCUT2D eigenvalue weighted by atomic mass is 9.99. The van der Waals surface area contributed by atoms with Crippen LogP contribution in [0.5, 0.6) is 0 Å². The normalized spacial score (nSPS) is 21.6. The molecule has 3 aliphatic heterocycles. The molecule has 8 nitrogen and oxygen atoms in total. The highest BCUT2D eigenvalue weighted by molar-refractivity contribution is 6.05. The van der Waals surface area contributed by atoms with Crippen molar-refractivity contribution in [1.29, 1.82) is 0 Å². The lowest BCUT2D eigenvalue weighted by Crippen LogP contribution is -2.38. The number of aromatic nitrogens is 1. The summed E-state index contributed by atoms with van der Waals surface area (Å²) in [6, 6.07) is 29.5. The van der Waals surface area contributed by atoms with Crippen molar-refractivity contribution in [1.82, 2.24) is 14.8 Å². The molecule has 8 heteroatoms. The molecule has 42 heavy (non-hydrogen) atoms. The molecule has 0 bridgehead atoms. The zero-order valence-corrected chi connectivity index (χ0v) is 23.3. The number of rotatable bonds is 6. The first-order valence-electron chi connectivity index (χ1n) is 14.6. The van der Waals surface area contributed by atoms with Gasteiger partial charge in [-0.1, -0.05) is 66.7 Å². The molecule has 2 N–H and O–H groups in total. The molecule has 3 atom stereocenters. The van der Waals surface area contributed by atoms with Gasteiger partial charge in [0, 0.05) is 30.4 Å². The molecule has 2 fully saturated rings. The summed E-state index contributed by atoms with van der Waals surface area (Å²) in [4.78, 5) is 35.4. The smallest absolute Gasteiger partial charge is 0.324 e. The van der Waals surface area contributed by atoms with E-state index in [4.69, 9.17) is 4.74 Å². The standard InChI is InChI=1S/C34H33N5O3/c40-32-27-12-7-13-28(31(27)33-39(32)29(16-19-42-33)24-10-5-2-6-11-24)36-34(41)37-30-20-25(14-17-35-30)26-15-18-38(22-26)21-23-8-3-1-4-9-23/h1-14,17,20,26,29,33H,15-16,18-19,21-22H2,(H2,35,36,37,41). The van der Waals surface area contributed by atoms with Crippen LogP contribution in [0.1, 0.15) is 63.6 Å². The summed E-state index contributed by atoms with van der Waals surface area (Å²) in [5.41, 5.74) is 5.38. The number of hydrogen-bond donors (Lipinski definition) is 2. The Bertz CT molecular complexity index is 1600. The van der Waals surface area contributed by atoms with Gasteiger partial charge in [-0.05, 0) is 66.3 Å². The highest BCUT2D eigenvalue weighted by Crippen LogP contribution is 2.47. The van der Waals surface area contributed by atoms with Crippen molar-refractivity contribution in [3.8, 4) is 0 Å². The summed E-state index contributed by atoms with van der Waals surface area (Å²) in [5, 5.41) is 5.87. The quantitative estimate of drug-likeness (QED) is 0.288. The van der Waals surface area contributed by atoms with Gasteiger partial charge < -0.3 is 15.0 Å². The van der Waals surface area contributed by atoms with Crippen LogP contribution in [0, 0.1) is 0 Å². The zero-order chi connectivity index (χ0) is 28.5. The summed E-state index contributed by atoms with van der Waals surface area (Å²) in [6.07, 6.45) is 2.98. The Morgan fingerprint density at radius 2 is 1.71 bits per heavy atom. The Balaban J connectivity index is 1.04. The fourth-order valence-corrected chi connectivity index (χ4v) is 6.54. The minimum absolute atomic E-state index is 0.0835. The van der Waals surface area contributed by atoms with Crippen molar-refractivity contribution < 1.29 is 14.3 Å². The Kier molecular flexibility index (Phi) is 7.15. The van der Waals surface area contributed by atoms with Crippen LogP contribution in [0.3, 0.4) is 0 Å². The van der Waals surface area contributed by atoms with Crippen molar-refractivity contribution >= 4 is 23.4 Å². The number of fused-ring (bicyclic) bond motifs is 3. The van der Waals surface area contributed by atoms with Crippen molar-refractivity contribution in [2.45, 2.75) is 37.6 Å². The van der Waals surface area contributed by atoms with Crippen LogP contribution in [0.25, 0.3) is 0 Å². The van der Waals surface area contributed by atoms with Crippen LogP contribution in [0.15, 0.2) is 97.2 Å². The van der Waals surface area contributed by atoms with Gasteiger partial charge in [0.1, 0.15) is 5.82 Å². The maximum Gasteiger partial charge on any atom is 0.324 e. The van der Waals surface area contributed by atoms with Crippen LogP contribution in [-0.2, 0) is 11.3 Å². The second-order valence-corrected chi connectivity index (χ2v) is 11.2. The summed E-state index contributed by atoms with van der Waals surface area (Å²) in [6.45, 7) is 3.47. The van der Waals surface area contributed by atoms with Gasteiger partial charge in [0.15, 0.2) is 6.23 Å². The van der Waals surface area contributed by atoms with E-state index in [0.717, 1.165) is 38.0 Å². The maximum absolute atomic E-state index is 13.5. The van der Waals surface area contributed by atoms with Crippen molar-refractivity contribution in [2.75, 3.05) is 30.3 Å². The molecular weight excluding hydrogens is 526 g/mol. The first-order valence-corrected chi connectivity index (χ1v) is 14.6. The molecule has 3 unspecified atom stereocenters. The maximum atomic E-state index is 13.5. The van der Waals surface area contributed by atoms with Gasteiger partial charge in [0.2, 0.25) is 0 Å². The molecule has 4 heterocycles. The van der Waals surface area contributed by atoms with E-state index in [9.17, 15) is 9.59 Å². The monoisotopic (exact) mass is 559 g/mol. The Labute approximate surface area is 245 Å². The first kappa shape index (κ1) is 26.4. The fraction of sp³-hybridized carbons (Fsp3) is 0.265. The van der Waals surface area contributed by atoms with E-state index in [-0.39, 0.29) is 11.9 Å². The van der Waals surface area contributed by atoms with Gasteiger partial charge in [-0.25, -0.2) is 9.78 Å². The summed E-state index contributed by atoms with van der Waals surface area (Å²) in [5.74, 6) is 0.797. The number of nitrogens with one attached hydrogen (secondary N) is 2. The van der Waals surface area contributed by atoms with E-state index >= 15 is 0 Å². The van der Waals surface area contributed by atoms with E-state index in [1.54, 1.807) is 23.2 Å². The van der Waals surface area contributed by atoms with Crippen molar-refractivity contribution in [2.24, 2.45) is 0 Å². The van der Waals surface area contributed by atoms with Gasteiger partial charge in [0.25, 0.3) is 5.91 Å². The average molecular weight is 560 g/mol. The predicted molar refractivity (Wildman–Crippen MR) is 161 cm³/mol. The number of nitrogens with zero attached hydrogens (tertiary/aromatic N) is 3. The number of benzene rings is 3. The molecule has 4 aromatic rings. The molecule has 2 saturated heterocycles. The van der Waals surface area contributed by atoms with Crippen LogP contribution >= 0.6 is 0 Å². The van der Waals surface area contributed by atoms with Gasteiger partial charge in [-0.3, -0.25) is 15.0 Å². The number of anilines is 2. The lowest BCUT2D eigenvalue weighted by molar-refractivity contribution is -0.0979. The second-order valence-electron chi connectivity index (χ2n) is 11.2. The van der Waals surface area contributed by atoms with E-state index in [2.05, 4.69) is 44.8 Å². The average Bonchev–Trinajstić information content (AvgIpc) is 3.61.